The number of anilines is 1. The van der Waals surface area contributed by atoms with Crippen LogP contribution < -0.4 is 15.4 Å². The molecule has 0 saturated carbocycles. The zero-order valence-electron chi connectivity index (χ0n) is 21.5. The molecular formula is C26H30N4O9. The summed E-state index contributed by atoms with van der Waals surface area (Å²) in [6.07, 6.45) is 2.69. The molecule has 1 fully saturated rings. The van der Waals surface area contributed by atoms with Crippen LogP contribution in [0.5, 0.6) is 5.75 Å². The molecule has 13 nitrogen and oxygen atoms in total. The van der Waals surface area contributed by atoms with Crippen molar-refractivity contribution in [3.05, 3.63) is 75.9 Å². The number of aliphatic carboxylic acids is 2. The number of nitro groups is 1. The smallest absolute Gasteiger partial charge is 0.328 e. The van der Waals surface area contributed by atoms with Crippen molar-refractivity contribution in [2.75, 3.05) is 25.5 Å². The van der Waals surface area contributed by atoms with Gasteiger partial charge in [0.15, 0.2) is 0 Å². The summed E-state index contributed by atoms with van der Waals surface area (Å²) in [6, 6.07) is 12.6. The van der Waals surface area contributed by atoms with Gasteiger partial charge >= 0.3 is 11.9 Å². The first-order valence-corrected chi connectivity index (χ1v) is 11.8. The molecule has 13 heteroatoms. The molecule has 2 amide bonds. The second-order valence-electron chi connectivity index (χ2n) is 8.53. The van der Waals surface area contributed by atoms with Gasteiger partial charge in [0, 0.05) is 56.9 Å². The minimum atomic E-state index is -1.26. The van der Waals surface area contributed by atoms with Crippen molar-refractivity contribution in [1.29, 1.82) is 0 Å². The standard InChI is InChI=1S/C22H26N4O5.C4H4O4/c1-15(27)23-19-13-21(31-2)18(12-20(19)26(29)30)22(28)24-17-8-10-25(11-9-17)14-16-6-4-3-5-7-16;5-3(6)1-2-4(7)8/h3-7,12-13,17H,8-11,14H2,1-2H3,(H,23,27)(H,24,28);1-2H,(H,5,6)(H,7,8). The van der Waals surface area contributed by atoms with Gasteiger partial charge in [-0.1, -0.05) is 30.3 Å². The van der Waals surface area contributed by atoms with Crippen molar-refractivity contribution in [3.8, 4) is 5.75 Å². The molecule has 0 radical (unpaired) electrons. The third kappa shape index (κ3) is 10.2. The van der Waals surface area contributed by atoms with Gasteiger partial charge in [-0.25, -0.2) is 9.59 Å². The highest BCUT2D eigenvalue weighted by molar-refractivity contribution is 6.00. The number of carboxylic acids is 2. The molecule has 0 aromatic heterocycles. The number of nitrogens with one attached hydrogen (secondary N) is 2. The summed E-state index contributed by atoms with van der Waals surface area (Å²) in [7, 11) is 1.37. The van der Waals surface area contributed by atoms with Crippen LogP contribution in [0.4, 0.5) is 11.4 Å². The quantitative estimate of drug-likeness (QED) is 0.208. The van der Waals surface area contributed by atoms with Gasteiger partial charge in [-0.05, 0) is 18.4 Å². The number of hydrogen-bond acceptors (Lipinski definition) is 8. The molecule has 4 N–H and O–H groups in total. The number of piperidine rings is 1. The minimum Gasteiger partial charge on any atom is -0.496 e. The van der Waals surface area contributed by atoms with E-state index in [1.54, 1.807) is 0 Å². The fourth-order valence-corrected chi connectivity index (χ4v) is 3.84. The Bertz CT molecular complexity index is 1210. The summed E-state index contributed by atoms with van der Waals surface area (Å²) in [6.45, 7) is 3.81. The van der Waals surface area contributed by atoms with Crippen molar-refractivity contribution in [1.82, 2.24) is 10.2 Å². The van der Waals surface area contributed by atoms with Crippen molar-refractivity contribution in [2.24, 2.45) is 0 Å². The van der Waals surface area contributed by atoms with Crippen molar-refractivity contribution < 1.29 is 39.1 Å². The predicted molar refractivity (Wildman–Crippen MR) is 141 cm³/mol. The van der Waals surface area contributed by atoms with E-state index in [-0.39, 0.29) is 28.7 Å². The number of likely N-dealkylation sites (tertiary alicyclic amines) is 1. The number of carboxylic acid groups (broad SMARTS) is 2. The van der Waals surface area contributed by atoms with Crippen molar-refractivity contribution >= 4 is 35.1 Å². The number of benzene rings is 2. The van der Waals surface area contributed by atoms with Crippen LogP contribution in [0, 0.1) is 10.1 Å². The summed E-state index contributed by atoms with van der Waals surface area (Å²) >= 11 is 0. The Balaban J connectivity index is 0.000000580. The maximum atomic E-state index is 12.9. The third-order valence-electron chi connectivity index (χ3n) is 5.61. The molecule has 3 rings (SSSR count). The molecule has 1 saturated heterocycles. The lowest BCUT2D eigenvalue weighted by Crippen LogP contribution is -2.44. The number of ether oxygens (including phenoxy) is 1. The third-order valence-corrected chi connectivity index (χ3v) is 5.61. The number of nitrogens with zero attached hydrogens (tertiary/aromatic N) is 2. The molecule has 0 aliphatic carbocycles. The first-order chi connectivity index (χ1) is 18.5. The SMILES string of the molecule is COc1cc(NC(C)=O)c([N+](=O)[O-])cc1C(=O)NC1CCN(Cc2ccccc2)CC1.O=C(O)C=CC(=O)O. The Morgan fingerprint density at radius 2 is 1.67 bits per heavy atom. The predicted octanol–water partition coefficient (Wildman–Crippen LogP) is 2.67. The Labute approximate surface area is 224 Å². The Hall–Kier alpha value is -4.78. The maximum absolute atomic E-state index is 12.9. The number of carbonyl (C=O) groups is 4. The van der Waals surface area contributed by atoms with E-state index in [4.69, 9.17) is 14.9 Å². The number of amides is 2. The van der Waals surface area contributed by atoms with Gasteiger partial charge in [-0.2, -0.15) is 0 Å². The van der Waals surface area contributed by atoms with E-state index < -0.39 is 28.7 Å². The molecule has 39 heavy (non-hydrogen) atoms. The number of methoxy groups -OCH3 is 1. The first-order valence-electron chi connectivity index (χ1n) is 11.8. The average molecular weight is 543 g/mol. The highest BCUT2D eigenvalue weighted by atomic mass is 16.6. The number of carbonyl (C=O) groups excluding carboxylic acids is 2. The number of rotatable bonds is 9. The van der Waals surface area contributed by atoms with Gasteiger partial charge in [0.05, 0.1) is 17.6 Å². The summed E-state index contributed by atoms with van der Waals surface area (Å²) in [5, 5.41) is 32.4. The van der Waals surface area contributed by atoms with E-state index in [0.29, 0.717) is 12.2 Å². The molecular weight excluding hydrogens is 512 g/mol. The number of hydrogen-bond donors (Lipinski definition) is 4. The molecule has 0 spiro atoms. The lowest BCUT2D eigenvalue weighted by atomic mass is 10.0. The second-order valence-corrected chi connectivity index (χ2v) is 8.53. The molecule has 2 aromatic rings. The van der Waals surface area contributed by atoms with E-state index in [1.165, 1.54) is 25.7 Å². The van der Waals surface area contributed by atoms with Crippen molar-refractivity contribution in [3.63, 3.8) is 0 Å². The van der Waals surface area contributed by atoms with Gasteiger partial charge in [0.25, 0.3) is 11.6 Å². The summed E-state index contributed by atoms with van der Waals surface area (Å²) in [4.78, 5) is 56.5. The minimum absolute atomic E-state index is 0.0138. The molecule has 1 aliphatic rings. The lowest BCUT2D eigenvalue weighted by molar-refractivity contribution is -0.384. The van der Waals surface area contributed by atoms with Crippen LogP contribution in [-0.2, 0) is 20.9 Å². The second kappa shape index (κ2) is 14.8. The van der Waals surface area contributed by atoms with Crippen LogP contribution in [-0.4, -0.2) is 70.0 Å². The summed E-state index contributed by atoms with van der Waals surface area (Å²) in [5.74, 6) is -3.24. The van der Waals surface area contributed by atoms with Crippen LogP contribution in [0.3, 0.4) is 0 Å². The highest BCUT2D eigenvalue weighted by Gasteiger charge is 2.26. The number of nitro benzene ring substituents is 1. The highest BCUT2D eigenvalue weighted by Crippen LogP contribution is 2.33. The monoisotopic (exact) mass is 542 g/mol. The fourth-order valence-electron chi connectivity index (χ4n) is 3.84. The van der Waals surface area contributed by atoms with Crippen LogP contribution in [0.25, 0.3) is 0 Å². The van der Waals surface area contributed by atoms with Crippen LogP contribution in [0.2, 0.25) is 0 Å². The maximum Gasteiger partial charge on any atom is 0.328 e. The van der Waals surface area contributed by atoms with E-state index in [9.17, 15) is 29.3 Å². The lowest BCUT2D eigenvalue weighted by Gasteiger charge is -2.32. The zero-order chi connectivity index (χ0) is 28.9. The zero-order valence-corrected chi connectivity index (χ0v) is 21.5. The largest absolute Gasteiger partial charge is 0.496 e. The van der Waals surface area contributed by atoms with Crippen LogP contribution >= 0.6 is 0 Å². The Kier molecular flexibility index (Phi) is 11.6. The van der Waals surface area contributed by atoms with E-state index >= 15 is 0 Å². The topological polar surface area (TPSA) is 188 Å². The van der Waals surface area contributed by atoms with E-state index in [0.717, 1.165) is 38.5 Å². The normalized spacial score (nSPS) is 13.6. The van der Waals surface area contributed by atoms with Crippen LogP contribution in [0.15, 0.2) is 54.6 Å². The first kappa shape index (κ1) is 30.4. The van der Waals surface area contributed by atoms with Gasteiger partial charge in [0.2, 0.25) is 5.91 Å². The van der Waals surface area contributed by atoms with E-state index in [1.807, 2.05) is 18.2 Å². The van der Waals surface area contributed by atoms with Crippen LogP contribution in [0.1, 0.15) is 35.7 Å². The molecule has 0 atom stereocenters. The molecule has 208 valence electrons. The Morgan fingerprint density at radius 3 is 2.15 bits per heavy atom. The summed E-state index contributed by atoms with van der Waals surface area (Å²) in [5.41, 5.74) is 0.940. The van der Waals surface area contributed by atoms with Gasteiger partial charge in [0.1, 0.15) is 11.4 Å². The van der Waals surface area contributed by atoms with Crippen molar-refractivity contribution in [2.45, 2.75) is 32.4 Å². The van der Waals surface area contributed by atoms with Gasteiger partial charge < -0.3 is 25.6 Å². The molecule has 1 aliphatic heterocycles. The Morgan fingerprint density at radius 1 is 1.08 bits per heavy atom. The molecule has 0 bridgehead atoms. The average Bonchev–Trinajstić information content (AvgIpc) is 2.88. The van der Waals surface area contributed by atoms with Gasteiger partial charge in [-0.3, -0.25) is 24.6 Å². The molecule has 0 unspecified atom stereocenters. The van der Waals surface area contributed by atoms with E-state index in [2.05, 4.69) is 27.7 Å². The fraction of sp³-hybridized carbons (Fsp3) is 0.308. The molecule has 1 heterocycles. The van der Waals surface area contributed by atoms with Gasteiger partial charge in [-0.15, -0.1) is 0 Å². The molecule has 2 aromatic carbocycles. The summed E-state index contributed by atoms with van der Waals surface area (Å²) < 4.78 is 5.25.